The van der Waals surface area contributed by atoms with E-state index in [0.29, 0.717) is 19.4 Å². The topological polar surface area (TPSA) is 92.6 Å². The van der Waals surface area contributed by atoms with Gasteiger partial charge in [-0.25, -0.2) is 0 Å². The van der Waals surface area contributed by atoms with Crippen LogP contribution in [-0.4, -0.2) is 34.7 Å². The van der Waals surface area contributed by atoms with Crippen LogP contribution < -0.4 is 5.32 Å². The van der Waals surface area contributed by atoms with Crippen LogP contribution in [0.15, 0.2) is 11.4 Å². The summed E-state index contributed by atoms with van der Waals surface area (Å²) in [5.74, 6) is -0.421. The summed E-state index contributed by atoms with van der Waals surface area (Å²) in [5.41, 5.74) is 0.768. The molecule has 8 heteroatoms. The van der Waals surface area contributed by atoms with E-state index >= 15 is 0 Å². The molecule has 0 spiro atoms. The Labute approximate surface area is 113 Å². The summed E-state index contributed by atoms with van der Waals surface area (Å²) in [6.07, 6.45) is 0.804. The number of hydrogen-bond donors (Lipinski definition) is 1. The zero-order valence-electron chi connectivity index (χ0n) is 10.3. The van der Waals surface area contributed by atoms with Gasteiger partial charge in [0, 0.05) is 31.5 Å². The molecule has 2 rings (SSSR count). The maximum absolute atomic E-state index is 11.8. The van der Waals surface area contributed by atoms with E-state index in [-0.39, 0.29) is 16.8 Å². The molecular formula is C11H13N3O4S. The first-order valence-corrected chi connectivity index (χ1v) is 6.62. The number of hydrogen-bond acceptors (Lipinski definition) is 6. The van der Waals surface area contributed by atoms with Crippen molar-refractivity contribution in [3.8, 4) is 0 Å². The SMILES string of the molecule is CN1C(=O)CCC(NCc2csc([N+](=O)[O-])c2)C1=O. The van der Waals surface area contributed by atoms with Crippen LogP contribution in [0.5, 0.6) is 0 Å². The van der Waals surface area contributed by atoms with Crippen LogP contribution in [0.1, 0.15) is 18.4 Å². The largest absolute Gasteiger partial charge is 0.324 e. The third kappa shape index (κ3) is 2.96. The lowest BCUT2D eigenvalue weighted by molar-refractivity contribution is -0.380. The van der Waals surface area contributed by atoms with Crippen molar-refractivity contribution in [2.45, 2.75) is 25.4 Å². The average molecular weight is 283 g/mol. The van der Waals surface area contributed by atoms with Crippen LogP contribution in [0.3, 0.4) is 0 Å². The second-order valence-electron chi connectivity index (χ2n) is 4.31. The molecule has 0 saturated carbocycles. The van der Waals surface area contributed by atoms with Crippen molar-refractivity contribution in [3.05, 3.63) is 27.1 Å². The first-order chi connectivity index (χ1) is 8.99. The van der Waals surface area contributed by atoms with E-state index in [1.54, 1.807) is 5.38 Å². The van der Waals surface area contributed by atoms with E-state index in [1.807, 2.05) is 0 Å². The Kier molecular flexibility index (Phi) is 3.91. The van der Waals surface area contributed by atoms with Gasteiger partial charge in [-0.3, -0.25) is 24.6 Å². The van der Waals surface area contributed by atoms with Gasteiger partial charge in [0.2, 0.25) is 11.8 Å². The van der Waals surface area contributed by atoms with Gasteiger partial charge in [-0.05, 0) is 12.0 Å². The minimum Gasteiger partial charge on any atom is -0.302 e. The van der Waals surface area contributed by atoms with Crippen LogP contribution in [0, 0.1) is 10.1 Å². The molecule has 102 valence electrons. The Bertz CT molecular complexity index is 528. The van der Waals surface area contributed by atoms with E-state index in [0.717, 1.165) is 21.8 Å². The van der Waals surface area contributed by atoms with Crippen LogP contribution >= 0.6 is 11.3 Å². The molecule has 19 heavy (non-hydrogen) atoms. The van der Waals surface area contributed by atoms with Crippen molar-refractivity contribution in [3.63, 3.8) is 0 Å². The highest BCUT2D eigenvalue weighted by Crippen LogP contribution is 2.22. The number of likely N-dealkylation sites (N-methyl/N-ethyl adjacent to an activating group) is 1. The van der Waals surface area contributed by atoms with Crippen LogP contribution in [-0.2, 0) is 16.1 Å². The Morgan fingerprint density at radius 1 is 1.58 bits per heavy atom. The number of nitrogens with zero attached hydrogens (tertiary/aromatic N) is 2. The highest BCUT2D eigenvalue weighted by Gasteiger charge is 2.31. The number of nitrogens with one attached hydrogen (secondary N) is 1. The van der Waals surface area contributed by atoms with Gasteiger partial charge in [-0.15, -0.1) is 0 Å². The molecule has 0 aliphatic carbocycles. The first kappa shape index (κ1) is 13.6. The molecule has 1 atom stereocenters. The predicted molar refractivity (Wildman–Crippen MR) is 68.6 cm³/mol. The Balaban J connectivity index is 1.93. The molecule has 0 aromatic carbocycles. The lowest BCUT2D eigenvalue weighted by atomic mass is 10.0. The highest BCUT2D eigenvalue weighted by molar-refractivity contribution is 7.13. The van der Waals surface area contributed by atoms with Gasteiger partial charge in [0.1, 0.15) is 0 Å². The number of amides is 2. The molecule has 2 amide bonds. The first-order valence-electron chi connectivity index (χ1n) is 5.74. The molecule has 1 aromatic rings. The molecule has 1 aliphatic heterocycles. The molecule has 1 unspecified atom stereocenters. The molecule has 1 saturated heterocycles. The number of rotatable bonds is 4. The van der Waals surface area contributed by atoms with Gasteiger partial charge in [0.25, 0.3) is 0 Å². The van der Waals surface area contributed by atoms with E-state index in [1.165, 1.54) is 13.1 Å². The minimum absolute atomic E-state index is 0.0825. The van der Waals surface area contributed by atoms with Crippen molar-refractivity contribution in [2.24, 2.45) is 0 Å². The van der Waals surface area contributed by atoms with Crippen molar-refractivity contribution in [1.29, 1.82) is 0 Å². The standard InChI is InChI=1S/C11H13N3O4S/c1-13-9(15)3-2-8(11(13)16)12-5-7-4-10(14(17)18)19-6-7/h4,6,8,12H,2-3,5H2,1H3. The molecule has 1 N–H and O–H groups in total. The van der Waals surface area contributed by atoms with Crippen molar-refractivity contribution >= 4 is 28.2 Å². The average Bonchev–Trinajstić information content (AvgIpc) is 2.84. The number of piperidine rings is 1. The fourth-order valence-electron chi connectivity index (χ4n) is 1.90. The second-order valence-corrected chi connectivity index (χ2v) is 5.20. The monoisotopic (exact) mass is 283 g/mol. The number of carbonyl (C=O) groups excluding carboxylic acids is 2. The van der Waals surface area contributed by atoms with E-state index < -0.39 is 11.0 Å². The normalized spacial score (nSPS) is 19.8. The molecule has 0 bridgehead atoms. The quantitative estimate of drug-likeness (QED) is 0.503. The maximum atomic E-state index is 11.8. The molecular weight excluding hydrogens is 270 g/mol. The summed E-state index contributed by atoms with van der Waals surface area (Å²) in [6.45, 7) is 0.378. The van der Waals surface area contributed by atoms with Crippen LogP contribution in [0.25, 0.3) is 0 Å². The summed E-state index contributed by atoms with van der Waals surface area (Å²) < 4.78 is 0. The van der Waals surface area contributed by atoms with Crippen LogP contribution in [0.2, 0.25) is 0 Å². The summed E-state index contributed by atoms with van der Waals surface area (Å²) in [6, 6.07) is 1.08. The number of likely N-dealkylation sites (tertiary alicyclic amines) is 1. The third-order valence-electron chi connectivity index (χ3n) is 3.02. The van der Waals surface area contributed by atoms with Gasteiger partial charge in [-0.2, -0.15) is 0 Å². The van der Waals surface area contributed by atoms with Gasteiger partial charge in [-0.1, -0.05) is 11.3 Å². The molecule has 1 fully saturated rings. The minimum atomic E-state index is -0.438. The highest BCUT2D eigenvalue weighted by atomic mass is 32.1. The van der Waals surface area contributed by atoms with Gasteiger partial charge in [0.15, 0.2) is 0 Å². The fourth-order valence-corrected chi connectivity index (χ4v) is 2.63. The lowest BCUT2D eigenvalue weighted by Gasteiger charge is -2.28. The Morgan fingerprint density at radius 2 is 2.32 bits per heavy atom. The fraction of sp³-hybridized carbons (Fsp3) is 0.455. The van der Waals surface area contributed by atoms with Gasteiger partial charge < -0.3 is 5.32 Å². The number of carbonyl (C=O) groups is 2. The number of nitro groups is 1. The molecule has 0 radical (unpaired) electrons. The smallest absolute Gasteiger partial charge is 0.302 e. The molecule has 1 aliphatic rings. The molecule has 1 aromatic heterocycles. The summed E-state index contributed by atoms with van der Waals surface area (Å²) >= 11 is 1.06. The van der Waals surface area contributed by atoms with Crippen LogP contribution in [0.4, 0.5) is 5.00 Å². The van der Waals surface area contributed by atoms with Gasteiger partial charge >= 0.3 is 5.00 Å². The summed E-state index contributed by atoms with van der Waals surface area (Å²) in [5, 5.41) is 15.4. The van der Waals surface area contributed by atoms with E-state index in [9.17, 15) is 19.7 Å². The predicted octanol–water partition coefficient (Wildman–Crippen LogP) is 0.893. The molecule has 2 heterocycles. The van der Waals surface area contributed by atoms with Crippen molar-refractivity contribution in [2.75, 3.05) is 7.05 Å². The third-order valence-corrected chi connectivity index (χ3v) is 3.95. The Morgan fingerprint density at radius 3 is 2.95 bits per heavy atom. The molecule has 7 nitrogen and oxygen atoms in total. The van der Waals surface area contributed by atoms with E-state index in [4.69, 9.17) is 0 Å². The summed E-state index contributed by atoms with van der Waals surface area (Å²) in [4.78, 5) is 34.3. The zero-order valence-corrected chi connectivity index (χ0v) is 11.1. The maximum Gasteiger partial charge on any atom is 0.324 e. The van der Waals surface area contributed by atoms with Crippen molar-refractivity contribution < 1.29 is 14.5 Å². The zero-order chi connectivity index (χ0) is 14.0. The van der Waals surface area contributed by atoms with Gasteiger partial charge in [0.05, 0.1) is 11.0 Å². The summed E-state index contributed by atoms with van der Waals surface area (Å²) in [7, 11) is 1.47. The Hall–Kier alpha value is -1.80. The van der Waals surface area contributed by atoms with Crippen molar-refractivity contribution in [1.82, 2.24) is 10.2 Å². The second kappa shape index (κ2) is 5.45. The number of thiophene rings is 1. The van der Waals surface area contributed by atoms with E-state index in [2.05, 4.69) is 5.32 Å². The lowest BCUT2D eigenvalue weighted by Crippen LogP contribution is -2.51. The number of imide groups is 1.